The van der Waals surface area contributed by atoms with Gasteiger partial charge in [-0.15, -0.1) is 0 Å². The van der Waals surface area contributed by atoms with E-state index in [0.29, 0.717) is 37.3 Å². The summed E-state index contributed by atoms with van der Waals surface area (Å²) in [6.07, 6.45) is 0. The standard InChI is InChI=1S/C20H21F2I2N5O2/c1-9-5-26-14(8-27(9)23)19(30)28(11-6-25(3)7-11)18-17(26)12-4-13(21)10(2)15(22)16(12)29(24)20(18)31/h4,9,11,14H,5-8H2,1-3H3. The molecule has 1 aromatic heterocycles. The maximum atomic E-state index is 15.2. The molecule has 2 saturated heterocycles. The summed E-state index contributed by atoms with van der Waals surface area (Å²) in [6.45, 7) is 5.67. The van der Waals surface area contributed by atoms with Gasteiger partial charge in [-0.25, -0.2) is 14.7 Å². The summed E-state index contributed by atoms with van der Waals surface area (Å²) in [5.74, 6) is -1.53. The highest BCUT2D eigenvalue weighted by Crippen LogP contribution is 2.44. The fourth-order valence-corrected chi connectivity index (χ4v) is 6.12. The highest BCUT2D eigenvalue weighted by molar-refractivity contribution is 14.1. The molecule has 0 spiro atoms. The molecule has 11 heteroatoms. The molecule has 0 radical (unpaired) electrons. The van der Waals surface area contributed by atoms with Crippen molar-refractivity contribution in [1.82, 2.24) is 10.8 Å². The molecule has 7 nitrogen and oxygen atoms in total. The van der Waals surface area contributed by atoms with Crippen molar-refractivity contribution in [3.05, 3.63) is 33.6 Å². The molecule has 3 aliphatic rings. The molecule has 0 saturated carbocycles. The first kappa shape index (κ1) is 21.8. The van der Waals surface area contributed by atoms with Gasteiger partial charge in [-0.1, -0.05) is 0 Å². The van der Waals surface area contributed by atoms with Gasteiger partial charge >= 0.3 is 0 Å². The number of carbonyl (C=O) groups excluding carboxylic acids is 1. The van der Waals surface area contributed by atoms with Gasteiger partial charge in [0.15, 0.2) is 5.82 Å². The maximum Gasteiger partial charge on any atom is 0.286 e. The summed E-state index contributed by atoms with van der Waals surface area (Å²) in [7, 11) is 1.96. The average molecular weight is 655 g/mol. The molecule has 2 aromatic rings. The lowest BCUT2D eigenvalue weighted by atomic mass is 9.95. The lowest BCUT2D eigenvalue weighted by Gasteiger charge is -2.53. The van der Waals surface area contributed by atoms with Crippen LogP contribution in [0.1, 0.15) is 12.5 Å². The highest BCUT2D eigenvalue weighted by Gasteiger charge is 2.49. The third-order valence-corrected chi connectivity index (χ3v) is 8.87. The highest BCUT2D eigenvalue weighted by atomic mass is 127. The number of amides is 1. The van der Waals surface area contributed by atoms with E-state index in [-0.39, 0.29) is 34.8 Å². The Hall–Kier alpha value is -1.06. The number of fused-ring (bicyclic) bond motifs is 5. The topological polar surface area (TPSA) is 52.0 Å². The third-order valence-electron chi connectivity index (χ3n) is 6.60. The first-order valence-electron chi connectivity index (χ1n) is 10.1. The number of benzene rings is 1. The number of halogens is 4. The lowest BCUT2D eigenvalue weighted by Crippen LogP contribution is -2.69. The summed E-state index contributed by atoms with van der Waals surface area (Å²) in [4.78, 5) is 32.7. The van der Waals surface area contributed by atoms with Crippen LogP contribution in [-0.4, -0.2) is 68.1 Å². The van der Waals surface area contributed by atoms with Crippen molar-refractivity contribution < 1.29 is 13.6 Å². The van der Waals surface area contributed by atoms with Crippen LogP contribution in [0.25, 0.3) is 10.9 Å². The zero-order chi connectivity index (χ0) is 22.4. The van der Waals surface area contributed by atoms with Crippen molar-refractivity contribution in [3.63, 3.8) is 0 Å². The quantitative estimate of drug-likeness (QED) is 0.350. The van der Waals surface area contributed by atoms with Crippen molar-refractivity contribution in [2.24, 2.45) is 0 Å². The van der Waals surface area contributed by atoms with Crippen LogP contribution in [-0.2, 0) is 4.79 Å². The van der Waals surface area contributed by atoms with Gasteiger partial charge in [-0.3, -0.25) is 14.5 Å². The second kappa shape index (κ2) is 7.48. The van der Waals surface area contributed by atoms with Crippen molar-refractivity contribution in [2.75, 3.05) is 43.0 Å². The van der Waals surface area contributed by atoms with Crippen LogP contribution < -0.4 is 15.4 Å². The van der Waals surface area contributed by atoms with Crippen LogP contribution in [0, 0.1) is 18.6 Å². The van der Waals surface area contributed by atoms with E-state index >= 15 is 4.39 Å². The minimum atomic E-state index is -0.742. The van der Waals surface area contributed by atoms with Crippen molar-refractivity contribution >= 4 is 73.9 Å². The number of hydrogen-bond donors (Lipinski definition) is 0. The van der Waals surface area contributed by atoms with Crippen molar-refractivity contribution in [2.45, 2.75) is 32.0 Å². The number of likely N-dealkylation sites (N-methyl/N-ethyl adjacent to an activating group) is 1. The Labute approximate surface area is 205 Å². The smallest absolute Gasteiger partial charge is 0.286 e. The number of piperazine rings is 1. The Kier molecular flexibility index (Phi) is 5.26. The number of rotatable bonds is 1. The number of likely N-dealkylation sites (tertiary alicyclic amines) is 1. The van der Waals surface area contributed by atoms with E-state index in [1.807, 2.05) is 18.9 Å². The van der Waals surface area contributed by atoms with Crippen molar-refractivity contribution in [1.29, 1.82) is 0 Å². The molecule has 1 amide bonds. The van der Waals surface area contributed by atoms with Crippen LogP contribution in [0.3, 0.4) is 0 Å². The molecule has 0 aliphatic carbocycles. The monoisotopic (exact) mass is 655 g/mol. The van der Waals surface area contributed by atoms with E-state index in [2.05, 4.69) is 30.9 Å². The average Bonchev–Trinajstić information content (AvgIpc) is 2.69. The number of hydrogen-bond acceptors (Lipinski definition) is 5. The minimum Gasteiger partial charge on any atom is -0.354 e. The van der Waals surface area contributed by atoms with Crippen molar-refractivity contribution in [3.8, 4) is 0 Å². The molecular weight excluding hydrogens is 634 g/mol. The third kappa shape index (κ3) is 3.05. The van der Waals surface area contributed by atoms with E-state index in [1.54, 1.807) is 27.8 Å². The van der Waals surface area contributed by atoms with E-state index in [9.17, 15) is 14.0 Å². The number of pyridine rings is 1. The van der Waals surface area contributed by atoms with E-state index in [1.165, 1.54) is 15.8 Å². The first-order valence-corrected chi connectivity index (χ1v) is 12.0. The predicted octanol–water partition coefficient (Wildman–Crippen LogP) is 2.68. The van der Waals surface area contributed by atoms with Crippen LogP contribution in [0.15, 0.2) is 10.9 Å². The molecule has 2 unspecified atom stereocenters. The fraction of sp³-hybridized carbons (Fsp3) is 0.500. The zero-order valence-electron chi connectivity index (χ0n) is 17.2. The van der Waals surface area contributed by atoms with Gasteiger partial charge in [0, 0.05) is 66.0 Å². The second-order valence-electron chi connectivity index (χ2n) is 8.66. The predicted molar refractivity (Wildman–Crippen MR) is 132 cm³/mol. The first-order chi connectivity index (χ1) is 14.6. The molecule has 166 valence electrons. The summed E-state index contributed by atoms with van der Waals surface area (Å²) in [5, 5.41) is 0.328. The van der Waals surface area contributed by atoms with E-state index in [4.69, 9.17) is 0 Å². The van der Waals surface area contributed by atoms with Gasteiger partial charge in [0.05, 0.1) is 40.1 Å². The van der Waals surface area contributed by atoms with Gasteiger partial charge < -0.3 is 9.80 Å². The van der Waals surface area contributed by atoms with Crippen LogP contribution in [0.2, 0.25) is 0 Å². The molecule has 4 heterocycles. The van der Waals surface area contributed by atoms with Gasteiger partial charge in [-0.05, 0) is 27.0 Å². The molecule has 31 heavy (non-hydrogen) atoms. The molecule has 2 fully saturated rings. The fourth-order valence-electron chi connectivity index (χ4n) is 4.87. The Morgan fingerprint density at radius 1 is 1.06 bits per heavy atom. The minimum absolute atomic E-state index is 0.0617. The van der Waals surface area contributed by atoms with Gasteiger partial charge in [0.25, 0.3) is 11.5 Å². The number of carbonyl (C=O) groups is 1. The molecule has 3 aliphatic heterocycles. The van der Waals surface area contributed by atoms with Crippen LogP contribution >= 0.6 is 45.7 Å². The molecule has 0 bridgehead atoms. The van der Waals surface area contributed by atoms with Gasteiger partial charge in [-0.2, -0.15) is 0 Å². The summed E-state index contributed by atoms with van der Waals surface area (Å²) < 4.78 is 33.1. The number of nitrogens with zero attached hydrogens (tertiary/aromatic N) is 5. The normalized spacial score (nSPS) is 25.1. The Morgan fingerprint density at radius 3 is 2.39 bits per heavy atom. The number of anilines is 2. The Bertz CT molecular complexity index is 1180. The maximum absolute atomic E-state index is 15.2. The van der Waals surface area contributed by atoms with E-state index in [0.717, 1.165) is 0 Å². The largest absolute Gasteiger partial charge is 0.354 e. The Morgan fingerprint density at radius 2 is 1.74 bits per heavy atom. The summed E-state index contributed by atoms with van der Waals surface area (Å²) in [5.41, 5.74) is 0.202. The van der Waals surface area contributed by atoms with Gasteiger partial charge in [0.2, 0.25) is 0 Å². The number of aromatic nitrogens is 1. The zero-order valence-corrected chi connectivity index (χ0v) is 21.5. The summed E-state index contributed by atoms with van der Waals surface area (Å²) in [6, 6.07) is 0.769. The Balaban J connectivity index is 1.86. The van der Waals surface area contributed by atoms with Gasteiger partial charge in [0.1, 0.15) is 17.5 Å². The molecule has 1 aromatic carbocycles. The van der Waals surface area contributed by atoms with E-state index < -0.39 is 23.2 Å². The molecule has 0 N–H and O–H groups in total. The summed E-state index contributed by atoms with van der Waals surface area (Å²) >= 11 is 3.98. The van der Waals surface area contributed by atoms with Crippen LogP contribution in [0.4, 0.5) is 20.2 Å². The molecule has 5 rings (SSSR count). The molecule has 2 atom stereocenters. The van der Waals surface area contributed by atoms with Crippen LogP contribution in [0.5, 0.6) is 0 Å². The lowest BCUT2D eigenvalue weighted by molar-refractivity contribution is -0.122. The molecular formula is C20H21F2I2N5O2. The second-order valence-corrected chi connectivity index (χ2v) is 10.9. The SMILES string of the molecule is Cc1c(F)cc2c3c(c(=O)n(I)c2c1F)N(C1CN(C)C1)C(=O)C1CN(I)C(C)CN31.